The minimum absolute atomic E-state index is 0.594. The van der Waals surface area contributed by atoms with Crippen molar-refractivity contribution in [2.24, 2.45) is 5.92 Å². The van der Waals surface area contributed by atoms with E-state index in [-0.39, 0.29) is 0 Å². The molecule has 1 fully saturated rings. The van der Waals surface area contributed by atoms with Crippen LogP contribution in [0.15, 0.2) is 24.3 Å². The van der Waals surface area contributed by atoms with Crippen LogP contribution in [0, 0.1) is 5.92 Å². The lowest BCUT2D eigenvalue weighted by atomic mass is 10.0. The fraction of sp³-hybridized carbons (Fsp3) is 0.571. The van der Waals surface area contributed by atoms with Gasteiger partial charge in [0.2, 0.25) is 0 Å². The second kappa shape index (κ2) is 5.63. The summed E-state index contributed by atoms with van der Waals surface area (Å²) in [6.45, 7) is 0.843. The molecule has 0 saturated heterocycles. The van der Waals surface area contributed by atoms with Gasteiger partial charge in [-0.1, -0.05) is 25.7 Å². The highest BCUT2D eigenvalue weighted by molar-refractivity contribution is 5.45. The number of halogens is 3. The Morgan fingerprint density at radius 1 is 1.06 bits per heavy atom. The van der Waals surface area contributed by atoms with E-state index in [0.29, 0.717) is 0 Å². The smallest absolute Gasteiger partial charge is 0.385 e. The molecule has 18 heavy (non-hydrogen) atoms. The Hall–Kier alpha value is -1.19. The Balaban J connectivity index is 1.79. The highest BCUT2D eigenvalue weighted by Gasteiger charge is 2.29. The van der Waals surface area contributed by atoms with Gasteiger partial charge < -0.3 is 5.32 Å². The molecule has 0 spiro atoms. The van der Waals surface area contributed by atoms with Crippen LogP contribution in [0.5, 0.6) is 0 Å². The molecule has 1 N–H and O–H groups in total. The molecule has 0 aromatic heterocycles. The van der Waals surface area contributed by atoms with Crippen LogP contribution in [0.1, 0.15) is 37.7 Å². The van der Waals surface area contributed by atoms with E-state index in [1.807, 2.05) is 0 Å². The van der Waals surface area contributed by atoms with Crippen LogP contribution >= 0.6 is 0 Å². The normalized spacial score (nSPS) is 17.1. The summed E-state index contributed by atoms with van der Waals surface area (Å²) in [7, 11) is 0. The van der Waals surface area contributed by atoms with E-state index in [9.17, 15) is 13.2 Å². The van der Waals surface area contributed by atoms with E-state index < -0.39 is 11.7 Å². The van der Waals surface area contributed by atoms with Gasteiger partial charge in [0.15, 0.2) is 0 Å². The molecule has 4 heteroatoms. The lowest BCUT2D eigenvalue weighted by Gasteiger charge is -2.12. The maximum atomic E-state index is 12.4. The number of anilines is 1. The molecule has 1 aromatic carbocycles. The highest BCUT2D eigenvalue weighted by atomic mass is 19.4. The third kappa shape index (κ3) is 3.65. The van der Waals surface area contributed by atoms with E-state index in [4.69, 9.17) is 0 Å². The lowest BCUT2D eigenvalue weighted by molar-refractivity contribution is -0.137. The second-order valence-electron chi connectivity index (χ2n) is 4.94. The van der Waals surface area contributed by atoms with Gasteiger partial charge in [0.05, 0.1) is 5.56 Å². The number of hydrogen-bond acceptors (Lipinski definition) is 1. The molecule has 1 aromatic rings. The zero-order valence-corrected chi connectivity index (χ0v) is 10.3. The van der Waals surface area contributed by atoms with Crippen LogP contribution in [-0.2, 0) is 6.18 Å². The highest BCUT2D eigenvalue weighted by Crippen LogP contribution is 2.30. The van der Waals surface area contributed by atoms with E-state index in [2.05, 4.69) is 5.32 Å². The van der Waals surface area contributed by atoms with Gasteiger partial charge in [-0.05, 0) is 36.6 Å². The van der Waals surface area contributed by atoms with Gasteiger partial charge >= 0.3 is 6.18 Å². The molecule has 0 aliphatic heterocycles. The van der Waals surface area contributed by atoms with Crippen LogP contribution in [0.25, 0.3) is 0 Å². The van der Waals surface area contributed by atoms with Crippen molar-refractivity contribution in [1.29, 1.82) is 0 Å². The molecule has 0 radical (unpaired) electrons. The third-order valence-electron chi connectivity index (χ3n) is 3.57. The van der Waals surface area contributed by atoms with E-state index in [1.165, 1.54) is 37.8 Å². The van der Waals surface area contributed by atoms with Crippen LogP contribution in [0.2, 0.25) is 0 Å². The summed E-state index contributed by atoms with van der Waals surface area (Å²) < 4.78 is 37.1. The third-order valence-corrected chi connectivity index (χ3v) is 3.57. The first-order valence-electron chi connectivity index (χ1n) is 6.47. The van der Waals surface area contributed by atoms with Crippen molar-refractivity contribution >= 4 is 5.69 Å². The molecule has 2 rings (SSSR count). The lowest BCUT2D eigenvalue weighted by Crippen LogP contribution is -2.08. The molecule has 0 amide bonds. The zero-order valence-electron chi connectivity index (χ0n) is 10.3. The average molecular weight is 257 g/mol. The maximum Gasteiger partial charge on any atom is 0.416 e. The van der Waals surface area contributed by atoms with Crippen LogP contribution in [0.4, 0.5) is 18.9 Å². The quantitative estimate of drug-likeness (QED) is 0.824. The summed E-state index contributed by atoms with van der Waals surface area (Å²) in [5.41, 5.74) is 0.171. The van der Waals surface area contributed by atoms with Crippen LogP contribution < -0.4 is 5.32 Å². The predicted octanol–water partition coefficient (Wildman–Crippen LogP) is 4.70. The molecule has 1 aliphatic rings. The van der Waals surface area contributed by atoms with Gasteiger partial charge in [-0.25, -0.2) is 0 Å². The van der Waals surface area contributed by atoms with Crippen molar-refractivity contribution in [3.8, 4) is 0 Å². The standard InChI is InChI=1S/C14H18F3N/c15-14(16,17)12-5-7-13(8-6-12)18-10-9-11-3-1-2-4-11/h5-8,11,18H,1-4,9-10H2. The summed E-state index contributed by atoms with van der Waals surface area (Å²) in [6, 6.07) is 5.24. The number of hydrogen-bond donors (Lipinski definition) is 1. The van der Waals surface area contributed by atoms with Gasteiger partial charge in [-0.15, -0.1) is 0 Å². The number of nitrogens with one attached hydrogen (secondary N) is 1. The molecular weight excluding hydrogens is 239 g/mol. The molecule has 0 heterocycles. The molecule has 0 bridgehead atoms. The fourth-order valence-corrected chi connectivity index (χ4v) is 2.50. The minimum atomic E-state index is -4.25. The molecular formula is C14H18F3N. The van der Waals surface area contributed by atoms with Crippen molar-refractivity contribution in [2.45, 2.75) is 38.3 Å². The Morgan fingerprint density at radius 2 is 1.67 bits per heavy atom. The molecule has 0 atom stereocenters. The number of rotatable bonds is 4. The van der Waals surface area contributed by atoms with E-state index in [1.54, 1.807) is 0 Å². The van der Waals surface area contributed by atoms with Crippen molar-refractivity contribution < 1.29 is 13.2 Å². The van der Waals surface area contributed by atoms with Crippen molar-refractivity contribution in [2.75, 3.05) is 11.9 Å². The van der Waals surface area contributed by atoms with Crippen LogP contribution in [-0.4, -0.2) is 6.54 Å². The minimum Gasteiger partial charge on any atom is -0.385 e. The van der Waals surface area contributed by atoms with Gasteiger partial charge in [-0.2, -0.15) is 13.2 Å². The van der Waals surface area contributed by atoms with Gasteiger partial charge in [-0.3, -0.25) is 0 Å². The Bertz CT molecular complexity index is 364. The summed E-state index contributed by atoms with van der Waals surface area (Å²) in [5.74, 6) is 0.798. The largest absolute Gasteiger partial charge is 0.416 e. The molecule has 1 nitrogen and oxygen atoms in total. The monoisotopic (exact) mass is 257 g/mol. The van der Waals surface area contributed by atoms with Gasteiger partial charge in [0.1, 0.15) is 0 Å². The van der Waals surface area contributed by atoms with Crippen molar-refractivity contribution in [1.82, 2.24) is 0 Å². The number of benzene rings is 1. The molecule has 0 unspecified atom stereocenters. The second-order valence-corrected chi connectivity index (χ2v) is 4.94. The SMILES string of the molecule is FC(F)(F)c1ccc(NCCC2CCCC2)cc1. The van der Waals surface area contributed by atoms with E-state index in [0.717, 1.165) is 36.7 Å². The van der Waals surface area contributed by atoms with Gasteiger partial charge in [0.25, 0.3) is 0 Å². The summed E-state index contributed by atoms with van der Waals surface area (Å²) in [5, 5.41) is 3.18. The molecule has 1 aliphatic carbocycles. The fourth-order valence-electron chi connectivity index (χ4n) is 2.50. The van der Waals surface area contributed by atoms with Crippen molar-refractivity contribution in [3.63, 3.8) is 0 Å². The summed E-state index contributed by atoms with van der Waals surface area (Å²) in [6.07, 6.45) is 2.11. The van der Waals surface area contributed by atoms with Crippen LogP contribution in [0.3, 0.4) is 0 Å². The predicted molar refractivity (Wildman–Crippen MR) is 66.5 cm³/mol. The van der Waals surface area contributed by atoms with Crippen molar-refractivity contribution in [3.05, 3.63) is 29.8 Å². The Kier molecular flexibility index (Phi) is 4.15. The Morgan fingerprint density at radius 3 is 2.22 bits per heavy atom. The zero-order chi connectivity index (χ0) is 13.0. The first kappa shape index (κ1) is 13.2. The Labute approximate surface area is 105 Å². The average Bonchev–Trinajstić information content (AvgIpc) is 2.82. The molecule has 1 saturated carbocycles. The van der Waals surface area contributed by atoms with Gasteiger partial charge in [0, 0.05) is 12.2 Å². The summed E-state index contributed by atoms with van der Waals surface area (Å²) >= 11 is 0. The first-order chi connectivity index (χ1) is 8.55. The van der Waals surface area contributed by atoms with E-state index >= 15 is 0 Å². The topological polar surface area (TPSA) is 12.0 Å². The first-order valence-corrected chi connectivity index (χ1v) is 6.47. The number of alkyl halides is 3. The molecule has 100 valence electrons. The maximum absolute atomic E-state index is 12.4. The summed E-state index contributed by atoms with van der Waals surface area (Å²) in [4.78, 5) is 0.